The highest BCUT2D eigenvalue weighted by molar-refractivity contribution is 7.09. The minimum atomic E-state index is 0.647. The predicted molar refractivity (Wildman–Crippen MR) is 91.7 cm³/mol. The molecule has 7 heteroatoms. The van der Waals surface area contributed by atoms with Crippen molar-refractivity contribution in [2.24, 2.45) is 5.92 Å². The van der Waals surface area contributed by atoms with E-state index >= 15 is 0 Å². The molecular weight excluding hydrogens is 308 g/mol. The molecule has 3 aromatic heterocycles. The van der Waals surface area contributed by atoms with Crippen molar-refractivity contribution < 1.29 is 0 Å². The van der Waals surface area contributed by atoms with Crippen molar-refractivity contribution in [2.45, 2.75) is 19.4 Å². The third-order valence-corrected chi connectivity index (χ3v) is 5.20. The fourth-order valence-corrected chi connectivity index (χ4v) is 3.88. The average molecular weight is 328 g/mol. The van der Waals surface area contributed by atoms with E-state index in [4.69, 9.17) is 0 Å². The first kappa shape index (κ1) is 14.6. The van der Waals surface area contributed by atoms with Crippen LogP contribution < -0.4 is 10.2 Å². The summed E-state index contributed by atoms with van der Waals surface area (Å²) in [5, 5.41) is 13.9. The van der Waals surface area contributed by atoms with Gasteiger partial charge in [0.2, 0.25) is 5.65 Å². The van der Waals surface area contributed by atoms with Gasteiger partial charge in [-0.3, -0.25) is 4.40 Å². The van der Waals surface area contributed by atoms with Gasteiger partial charge < -0.3 is 10.2 Å². The molecule has 4 heterocycles. The Morgan fingerprint density at radius 1 is 1.39 bits per heavy atom. The van der Waals surface area contributed by atoms with E-state index in [1.54, 1.807) is 6.33 Å². The molecule has 6 nitrogen and oxygen atoms in total. The maximum absolute atomic E-state index is 4.54. The van der Waals surface area contributed by atoms with Crippen LogP contribution in [0.1, 0.15) is 17.7 Å². The fraction of sp³-hybridized carbons (Fsp3) is 0.438. The molecule has 0 spiro atoms. The Bertz CT molecular complexity index is 753. The van der Waals surface area contributed by atoms with Crippen LogP contribution in [0.25, 0.3) is 5.65 Å². The molecule has 1 aliphatic rings. The van der Waals surface area contributed by atoms with Crippen molar-refractivity contribution in [3.05, 3.63) is 41.1 Å². The van der Waals surface area contributed by atoms with Crippen LogP contribution in [-0.4, -0.2) is 39.2 Å². The molecule has 1 N–H and O–H groups in total. The lowest BCUT2D eigenvalue weighted by Crippen LogP contribution is -2.40. The number of hydrogen-bond donors (Lipinski definition) is 1. The van der Waals surface area contributed by atoms with Crippen LogP contribution in [0.3, 0.4) is 0 Å². The molecule has 1 atom stereocenters. The van der Waals surface area contributed by atoms with Crippen molar-refractivity contribution in [2.75, 3.05) is 24.5 Å². The lowest BCUT2D eigenvalue weighted by molar-refractivity contribution is 0.391. The number of anilines is 1. The zero-order chi connectivity index (χ0) is 15.5. The Morgan fingerprint density at radius 2 is 2.39 bits per heavy atom. The number of thiophene rings is 1. The molecule has 3 aromatic rings. The molecule has 0 bridgehead atoms. The second-order valence-electron chi connectivity index (χ2n) is 5.98. The summed E-state index contributed by atoms with van der Waals surface area (Å²) in [6, 6.07) is 4.29. The summed E-state index contributed by atoms with van der Waals surface area (Å²) in [5.74, 6) is 1.60. The van der Waals surface area contributed by atoms with Crippen LogP contribution in [-0.2, 0) is 6.54 Å². The molecule has 0 saturated carbocycles. The van der Waals surface area contributed by atoms with E-state index in [-0.39, 0.29) is 0 Å². The Labute approximate surface area is 139 Å². The summed E-state index contributed by atoms with van der Waals surface area (Å²) in [4.78, 5) is 8.29. The average Bonchev–Trinajstić information content (AvgIpc) is 3.26. The quantitative estimate of drug-likeness (QED) is 0.778. The van der Waals surface area contributed by atoms with Crippen LogP contribution in [0, 0.1) is 5.92 Å². The Balaban J connectivity index is 1.40. The molecule has 1 saturated heterocycles. The summed E-state index contributed by atoms with van der Waals surface area (Å²) in [5.41, 5.74) is 0.847. The first-order valence-electron chi connectivity index (χ1n) is 8.02. The van der Waals surface area contributed by atoms with Crippen LogP contribution >= 0.6 is 11.3 Å². The predicted octanol–water partition coefficient (Wildman–Crippen LogP) is 2.19. The van der Waals surface area contributed by atoms with E-state index in [1.807, 2.05) is 28.1 Å². The van der Waals surface area contributed by atoms with E-state index in [9.17, 15) is 0 Å². The number of nitrogens with zero attached hydrogens (tertiary/aromatic N) is 5. The van der Waals surface area contributed by atoms with Gasteiger partial charge in [0, 0.05) is 36.9 Å². The van der Waals surface area contributed by atoms with Gasteiger partial charge in [-0.25, -0.2) is 4.98 Å². The molecule has 0 aliphatic carbocycles. The standard InChI is InChI=1S/C16H20N6S/c1-3-13(9-17-10-14-4-2-8-23-14)11-21(6-1)15-16-20-19-12-22(16)7-5-18-15/h2,4-5,7-8,12-13,17H,1,3,6,9-11H2. The molecule has 1 aliphatic heterocycles. The number of hydrogen-bond acceptors (Lipinski definition) is 6. The van der Waals surface area contributed by atoms with Gasteiger partial charge in [-0.15, -0.1) is 21.5 Å². The van der Waals surface area contributed by atoms with Gasteiger partial charge in [-0.1, -0.05) is 6.07 Å². The zero-order valence-corrected chi connectivity index (χ0v) is 13.7. The second-order valence-corrected chi connectivity index (χ2v) is 7.01. The lowest BCUT2D eigenvalue weighted by atomic mass is 9.98. The Hall–Kier alpha value is -1.99. The smallest absolute Gasteiger partial charge is 0.203 e. The number of fused-ring (bicyclic) bond motifs is 1. The van der Waals surface area contributed by atoms with Crippen LogP contribution in [0.2, 0.25) is 0 Å². The van der Waals surface area contributed by atoms with E-state index in [0.717, 1.165) is 37.6 Å². The largest absolute Gasteiger partial charge is 0.353 e. The molecule has 120 valence electrons. The molecule has 0 aromatic carbocycles. The molecule has 0 amide bonds. The van der Waals surface area contributed by atoms with Gasteiger partial charge in [0.15, 0.2) is 5.82 Å². The summed E-state index contributed by atoms with van der Waals surface area (Å²) >= 11 is 1.81. The maximum Gasteiger partial charge on any atom is 0.203 e. The minimum Gasteiger partial charge on any atom is -0.353 e. The number of aromatic nitrogens is 4. The van der Waals surface area contributed by atoms with Crippen LogP contribution in [0.5, 0.6) is 0 Å². The normalized spacial score (nSPS) is 18.6. The highest BCUT2D eigenvalue weighted by Gasteiger charge is 2.22. The van der Waals surface area contributed by atoms with Gasteiger partial charge in [0.1, 0.15) is 6.33 Å². The van der Waals surface area contributed by atoms with Gasteiger partial charge in [0.25, 0.3) is 0 Å². The third-order valence-electron chi connectivity index (χ3n) is 4.33. The van der Waals surface area contributed by atoms with Crippen molar-refractivity contribution in [3.8, 4) is 0 Å². The van der Waals surface area contributed by atoms with Gasteiger partial charge >= 0.3 is 0 Å². The number of rotatable bonds is 5. The van der Waals surface area contributed by atoms with E-state index in [2.05, 4.69) is 42.9 Å². The van der Waals surface area contributed by atoms with Crippen molar-refractivity contribution >= 4 is 22.8 Å². The molecule has 1 fully saturated rings. The SMILES string of the molecule is c1csc(CNCC2CCCN(c3nccn4cnnc34)C2)c1. The lowest BCUT2D eigenvalue weighted by Gasteiger charge is -2.33. The van der Waals surface area contributed by atoms with Crippen LogP contribution in [0.15, 0.2) is 36.2 Å². The van der Waals surface area contributed by atoms with Crippen molar-refractivity contribution in [1.29, 1.82) is 0 Å². The molecule has 4 rings (SSSR count). The summed E-state index contributed by atoms with van der Waals surface area (Å²) < 4.78 is 1.93. The highest BCUT2D eigenvalue weighted by Crippen LogP contribution is 2.23. The van der Waals surface area contributed by atoms with Gasteiger partial charge in [0.05, 0.1) is 0 Å². The third kappa shape index (κ3) is 3.20. The van der Waals surface area contributed by atoms with E-state index in [1.165, 1.54) is 17.7 Å². The second kappa shape index (κ2) is 6.64. The van der Waals surface area contributed by atoms with Crippen molar-refractivity contribution in [3.63, 3.8) is 0 Å². The molecule has 1 unspecified atom stereocenters. The zero-order valence-electron chi connectivity index (χ0n) is 12.9. The van der Waals surface area contributed by atoms with E-state index in [0.29, 0.717) is 5.92 Å². The fourth-order valence-electron chi connectivity index (χ4n) is 3.21. The highest BCUT2D eigenvalue weighted by atomic mass is 32.1. The van der Waals surface area contributed by atoms with Gasteiger partial charge in [-0.05, 0) is 36.8 Å². The summed E-state index contributed by atoms with van der Waals surface area (Å²) in [7, 11) is 0. The first-order chi connectivity index (χ1) is 11.4. The number of nitrogens with one attached hydrogen (secondary N) is 1. The molecule has 23 heavy (non-hydrogen) atoms. The van der Waals surface area contributed by atoms with Crippen molar-refractivity contribution in [1.82, 2.24) is 24.9 Å². The minimum absolute atomic E-state index is 0.647. The Morgan fingerprint density at radius 3 is 3.30 bits per heavy atom. The monoisotopic (exact) mass is 328 g/mol. The molecule has 0 radical (unpaired) electrons. The first-order valence-corrected chi connectivity index (χ1v) is 8.90. The Kier molecular flexibility index (Phi) is 4.21. The van der Waals surface area contributed by atoms with Crippen LogP contribution in [0.4, 0.5) is 5.82 Å². The maximum atomic E-state index is 4.54. The van der Waals surface area contributed by atoms with Gasteiger partial charge in [-0.2, -0.15) is 0 Å². The summed E-state index contributed by atoms with van der Waals surface area (Å²) in [6.45, 7) is 4.08. The topological polar surface area (TPSA) is 58.4 Å². The number of piperidine rings is 1. The summed E-state index contributed by atoms with van der Waals surface area (Å²) in [6.07, 6.45) is 7.91. The van der Waals surface area contributed by atoms with E-state index < -0.39 is 0 Å². The molecular formula is C16H20N6S.